The highest BCUT2D eigenvalue weighted by atomic mass is 19.1. The van der Waals surface area contributed by atoms with E-state index in [-0.39, 0.29) is 5.91 Å². The van der Waals surface area contributed by atoms with Crippen molar-refractivity contribution >= 4 is 5.91 Å². The van der Waals surface area contributed by atoms with Crippen LogP contribution >= 0.6 is 0 Å². The summed E-state index contributed by atoms with van der Waals surface area (Å²) in [5.41, 5.74) is 4.76. The van der Waals surface area contributed by atoms with Crippen LogP contribution in [0.25, 0.3) is 11.1 Å². The number of halogens is 1. The van der Waals surface area contributed by atoms with Crippen molar-refractivity contribution in [2.75, 3.05) is 0 Å². The van der Waals surface area contributed by atoms with Crippen LogP contribution in [-0.4, -0.2) is 32.9 Å². The number of carbonyl (C=O) groups is 1. The Morgan fingerprint density at radius 3 is 2.65 bits per heavy atom. The highest BCUT2D eigenvalue weighted by Crippen LogP contribution is 2.35. The van der Waals surface area contributed by atoms with Crippen LogP contribution in [0.15, 0.2) is 54.9 Å². The smallest absolute Gasteiger partial charge is 0.258 e. The largest absolute Gasteiger partial charge is 0.487 e. The number of ether oxygens (including phenoxy) is 1. The Hall–Kier alpha value is -3.15. The highest BCUT2D eigenvalue weighted by molar-refractivity contribution is 6.01. The Kier molecular flexibility index (Phi) is 5.22. The molecule has 1 aliphatic heterocycles. The third kappa shape index (κ3) is 3.94. The summed E-state index contributed by atoms with van der Waals surface area (Å²) in [6.07, 6.45) is 5.50. The summed E-state index contributed by atoms with van der Waals surface area (Å²) < 4.78 is 22.1. The Morgan fingerprint density at radius 1 is 1.10 bits per heavy atom. The number of amides is 1. The predicted octanol–water partition coefficient (Wildman–Crippen LogP) is 4.90. The highest BCUT2D eigenvalue weighted by Gasteiger charge is 2.33. The van der Waals surface area contributed by atoms with Gasteiger partial charge in [0.2, 0.25) is 0 Å². The van der Waals surface area contributed by atoms with Gasteiger partial charge in [0.1, 0.15) is 18.0 Å². The van der Waals surface area contributed by atoms with E-state index in [1.165, 1.54) is 0 Å². The summed E-state index contributed by atoms with van der Waals surface area (Å²) in [6.45, 7) is 1.06. The monoisotopic (exact) mass is 419 g/mol. The van der Waals surface area contributed by atoms with Gasteiger partial charge >= 0.3 is 0 Å². The number of carbonyl (C=O) groups excluding carboxylic acids is 1. The van der Waals surface area contributed by atoms with E-state index in [1.807, 2.05) is 48.6 Å². The molecule has 0 N–H and O–H groups in total. The molecule has 3 aromatic rings. The zero-order valence-corrected chi connectivity index (χ0v) is 17.6. The SMILES string of the molecule is Cn1cc(-c2ccc(CN3Cc4cccc(O[C@@H]5CCCC[C@@H]5F)c4C3=O)cc2)cn1. The van der Waals surface area contributed by atoms with E-state index >= 15 is 0 Å². The Labute approximate surface area is 181 Å². The minimum absolute atomic E-state index is 0.0480. The molecule has 5 nitrogen and oxygen atoms in total. The van der Waals surface area contributed by atoms with Crippen LogP contribution in [-0.2, 0) is 20.1 Å². The molecule has 2 atom stereocenters. The quantitative estimate of drug-likeness (QED) is 0.591. The third-order valence-electron chi connectivity index (χ3n) is 6.24. The molecule has 0 unspecified atom stereocenters. The first-order valence-electron chi connectivity index (χ1n) is 10.9. The van der Waals surface area contributed by atoms with Gasteiger partial charge in [-0.05, 0) is 42.0 Å². The molecule has 1 fully saturated rings. The first-order chi connectivity index (χ1) is 15.1. The van der Waals surface area contributed by atoms with Crippen molar-refractivity contribution in [1.29, 1.82) is 0 Å². The standard InChI is InChI=1S/C25H26FN3O2/c1-28-15-20(13-27-28)18-11-9-17(10-12-18)14-29-16-19-5-4-8-23(24(19)25(29)30)31-22-7-3-2-6-21(22)26/h4-5,8-13,15,21-22H,2-3,6-7,14,16H2,1H3/t21-,22+/m0/s1. The van der Waals surface area contributed by atoms with E-state index in [9.17, 15) is 9.18 Å². The topological polar surface area (TPSA) is 47.4 Å². The average molecular weight is 420 g/mol. The molecule has 1 saturated carbocycles. The first kappa shape index (κ1) is 19.8. The molecule has 5 rings (SSSR count). The maximum absolute atomic E-state index is 14.3. The number of benzene rings is 2. The van der Waals surface area contributed by atoms with Gasteiger partial charge in [0.05, 0.1) is 11.8 Å². The van der Waals surface area contributed by atoms with Crippen LogP contribution in [0.5, 0.6) is 5.75 Å². The molecule has 1 aliphatic carbocycles. The lowest BCUT2D eigenvalue weighted by molar-refractivity contribution is 0.0608. The molecule has 0 saturated heterocycles. The van der Waals surface area contributed by atoms with Gasteiger partial charge in [-0.3, -0.25) is 9.48 Å². The van der Waals surface area contributed by atoms with Crippen LogP contribution in [0.2, 0.25) is 0 Å². The lowest BCUT2D eigenvalue weighted by atomic mass is 9.95. The summed E-state index contributed by atoms with van der Waals surface area (Å²) >= 11 is 0. The Morgan fingerprint density at radius 2 is 1.90 bits per heavy atom. The van der Waals surface area contributed by atoms with Crippen LogP contribution in [0, 0.1) is 0 Å². The molecule has 2 aromatic carbocycles. The molecule has 0 radical (unpaired) electrons. The number of hydrogen-bond donors (Lipinski definition) is 0. The fourth-order valence-corrected chi connectivity index (χ4v) is 4.55. The second-order valence-electron chi connectivity index (χ2n) is 8.51. The number of fused-ring (bicyclic) bond motifs is 1. The summed E-state index contributed by atoms with van der Waals surface area (Å²) in [6, 6.07) is 13.9. The first-order valence-corrected chi connectivity index (χ1v) is 10.9. The molecule has 31 heavy (non-hydrogen) atoms. The molecule has 2 heterocycles. The molecular formula is C25H26FN3O2. The predicted molar refractivity (Wildman–Crippen MR) is 116 cm³/mol. The third-order valence-corrected chi connectivity index (χ3v) is 6.24. The van der Waals surface area contributed by atoms with Crippen LogP contribution in [0.4, 0.5) is 4.39 Å². The van der Waals surface area contributed by atoms with E-state index < -0.39 is 12.3 Å². The Bertz CT molecular complexity index is 1090. The van der Waals surface area contributed by atoms with Crippen LogP contribution < -0.4 is 4.74 Å². The summed E-state index contributed by atoms with van der Waals surface area (Å²) in [4.78, 5) is 15.0. The molecule has 0 spiro atoms. The lowest BCUT2D eigenvalue weighted by Crippen LogP contribution is -2.32. The number of aromatic nitrogens is 2. The molecular weight excluding hydrogens is 393 g/mol. The number of alkyl halides is 1. The van der Waals surface area contributed by atoms with E-state index in [0.717, 1.165) is 35.1 Å². The molecule has 160 valence electrons. The van der Waals surface area contributed by atoms with Crippen molar-refractivity contribution in [1.82, 2.24) is 14.7 Å². The average Bonchev–Trinajstić information content (AvgIpc) is 3.34. The second kappa shape index (κ2) is 8.17. The minimum Gasteiger partial charge on any atom is -0.487 e. The maximum atomic E-state index is 14.3. The minimum atomic E-state index is -0.962. The normalized spacial score (nSPS) is 20.7. The van der Waals surface area contributed by atoms with Crippen molar-refractivity contribution < 1.29 is 13.9 Å². The number of nitrogens with zero attached hydrogens (tertiary/aromatic N) is 3. The van der Waals surface area contributed by atoms with Crippen molar-refractivity contribution in [3.05, 3.63) is 71.5 Å². The second-order valence-corrected chi connectivity index (χ2v) is 8.51. The van der Waals surface area contributed by atoms with E-state index in [1.54, 1.807) is 10.7 Å². The summed E-state index contributed by atoms with van der Waals surface area (Å²) in [5.74, 6) is 0.472. The van der Waals surface area contributed by atoms with Crippen molar-refractivity contribution in [2.24, 2.45) is 7.05 Å². The van der Waals surface area contributed by atoms with Gasteiger partial charge in [0.15, 0.2) is 0 Å². The molecule has 0 bridgehead atoms. The number of hydrogen-bond acceptors (Lipinski definition) is 3. The van der Waals surface area contributed by atoms with E-state index in [0.29, 0.717) is 37.2 Å². The number of rotatable bonds is 5. The van der Waals surface area contributed by atoms with Crippen molar-refractivity contribution in [3.63, 3.8) is 0 Å². The van der Waals surface area contributed by atoms with E-state index in [2.05, 4.69) is 17.2 Å². The zero-order valence-electron chi connectivity index (χ0n) is 17.6. The molecule has 1 aromatic heterocycles. The van der Waals surface area contributed by atoms with Gasteiger partial charge in [0.25, 0.3) is 5.91 Å². The maximum Gasteiger partial charge on any atom is 0.258 e. The number of aryl methyl sites for hydroxylation is 1. The van der Waals surface area contributed by atoms with Crippen molar-refractivity contribution in [3.8, 4) is 16.9 Å². The zero-order chi connectivity index (χ0) is 21.4. The van der Waals surface area contributed by atoms with Crippen LogP contribution in [0.1, 0.15) is 47.2 Å². The van der Waals surface area contributed by atoms with Crippen LogP contribution in [0.3, 0.4) is 0 Å². The van der Waals surface area contributed by atoms with Gasteiger partial charge in [-0.1, -0.05) is 42.8 Å². The summed E-state index contributed by atoms with van der Waals surface area (Å²) in [7, 11) is 1.90. The fraction of sp³-hybridized carbons (Fsp3) is 0.360. The van der Waals surface area contributed by atoms with Gasteiger partial charge in [-0.2, -0.15) is 5.10 Å². The Balaban J connectivity index is 1.31. The van der Waals surface area contributed by atoms with Gasteiger partial charge in [0, 0.05) is 31.9 Å². The van der Waals surface area contributed by atoms with E-state index in [4.69, 9.17) is 4.74 Å². The van der Waals surface area contributed by atoms with Crippen molar-refractivity contribution in [2.45, 2.75) is 51.0 Å². The molecule has 2 aliphatic rings. The van der Waals surface area contributed by atoms with Gasteiger partial charge in [-0.25, -0.2) is 4.39 Å². The summed E-state index contributed by atoms with van der Waals surface area (Å²) in [5, 5.41) is 4.21. The van der Waals surface area contributed by atoms with Gasteiger partial charge in [-0.15, -0.1) is 0 Å². The molecule has 1 amide bonds. The lowest BCUT2D eigenvalue weighted by Gasteiger charge is -2.27. The fourth-order valence-electron chi connectivity index (χ4n) is 4.55. The van der Waals surface area contributed by atoms with Gasteiger partial charge < -0.3 is 9.64 Å². The molecule has 6 heteroatoms.